The Bertz CT molecular complexity index is 380. The molecule has 2 aliphatic carbocycles. The van der Waals surface area contributed by atoms with Gasteiger partial charge in [-0.25, -0.2) is 0 Å². The molecule has 20 heavy (non-hydrogen) atoms. The summed E-state index contributed by atoms with van der Waals surface area (Å²) in [6, 6.07) is 3.76. The van der Waals surface area contributed by atoms with Gasteiger partial charge in [0.15, 0.2) is 0 Å². The smallest absolute Gasteiger partial charge is 0.108 e. The van der Waals surface area contributed by atoms with Crippen LogP contribution in [0.25, 0.3) is 0 Å². The van der Waals surface area contributed by atoms with E-state index < -0.39 is 0 Å². The second-order valence-electron chi connectivity index (χ2n) is 7.07. The van der Waals surface area contributed by atoms with Crippen molar-refractivity contribution >= 4 is 0 Å². The van der Waals surface area contributed by atoms with Crippen molar-refractivity contribution in [1.82, 2.24) is 10.2 Å². The number of rotatable bonds is 3. The number of hydrogen-bond acceptors (Lipinski definition) is 4. The molecule has 1 N–H and O–H groups in total. The second kappa shape index (κ2) is 5.63. The van der Waals surface area contributed by atoms with E-state index in [-0.39, 0.29) is 5.54 Å². The average molecular weight is 277 g/mol. The Morgan fingerprint density at radius 2 is 1.90 bits per heavy atom. The largest absolute Gasteiger partial charge is 0.373 e. The molecule has 1 heterocycles. The van der Waals surface area contributed by atoms with Crippen LogP contribution in [0.5, 0.6) is 0 Å². The molecule has 3 fully saturated rings. The molecule has 4 heteroatoms. The molecular formula is C16H27N3O. The zero-order valence-corrected chi connectivity index (χ0v) is 12.8. The first-order valence-corrected chi connectivity index (χ1v) is 8.19. The third-order valence-electron chi connectivity index (χ3n) is 4.96. The number of nitrogens with zero attached hydrogens (tertiary/aromatic N) is 2. The number of morpholine rings is 1. The molecule has 0 amide bonds. The lowest BCUT2D eigenvalue weighted by Crippen LogP contribution is -2.57. The Kier molecular flexibility index (Phi) is 4.03. The molecule has 0 spiro atoms. The number of nitriles is 1. The van der Waals surface area contributed by atoms with Crippen LogP contribution in [0, 0.1) is 11.3 Å². The van der Waals surface area contributed by atoms with Crippen LogP contribution in [-0.4, -0.2) is 47.8 Å². The van der Waals surface area contributed by atoms with Crippen LogP contribution < -0.4 is 5.32 Å². The summed E-state index contributed by atoms with van der Waals surface area (Å²) in [5, 5.41) is 13.3. The molecule has 0 aromatic rings. The second-order valence-corrected chi connectivity index (χ2v) is 7.07. The van der Waals surface area contributed by atoms with Gasteiger partial charge in [0.05, 0.1) is 18.3 Å². The first-order chi connectivity index (χ1) is 9.60. The zero-order valence-electron chi connectivity index (χ0n) is 12.8. The molecule has 1 saturated heterocycles. The molecular weight excluding hydrogens is 250 g/mol. The first kappa shape index (κ1) is 14.3. The van der Waals surface area contributed by atoms with E-state index >= 15 is 0 Å². The molecule has 0 radical (unpaired) electrons. The molecule has 0 aromatic heterocycles. The Labute approximate surface area is 122 Å². The van der Waals surface area contributed by atoms with Crippen LogP contribution in [0.3, 0.4) is 0 Å². The van der Waals surface area contributed by atoms with Gasteiger partial charge in [0.25, 0.3) is 0 Å². The normalized spacial score (nSPS) is 43.1. The lowest BCUT2D eigenvalue weighted by Gasteiger charge is -2.45. The molecule has 4 nitrogen and oxygen atoms in total. The van der Waals surface area contributed by atoms with Crippen LogP contribution in [0.2, 0.25) is 0 Å². The summed E-state index contributed by atoms with van der Waals surface area (Å²) in [4.78, 5) is 2.57. The summed E-state index contributed by atoms with van der Waals surface area (Å²) in [6.45, 7) is 6.34. The van der Waals surface area contributed by atoms with Gasteiger partial charge in [-0.05, 0) is 52.4 Å². The maximum absolute atomic E-state index is 9.68. The van der Waals surface area contributed by atoms with Crippen LogP contribution in [-0.2, 0) is 4.74 Å². The fourth-order valence-electron chi connectivity index (χ4n) is 3.96. The van der Waals surface area contributed by atoms with E-state index in [0.717, 1.165) is 32.4 Å². The zero-order chi connectivity index (χ0) is 14.2. The highest BCUT2D eigenvalue weighted by atomic mass is 16.5. The van der Waals surface area contributed by atoms with E-state index in [4.69, 9.17) is 4.74 Å². The van der Waals surface area contributed by atoms with Crippen molar-refractivity contribution in [2.24, 2.45) is 0 Å². The van der Waals surface area contributed by atoms with E-state index in [9.17, 15) is 5.26 Å². The highest BCUT2D eigenvalue weighted by molar-refractivity contribution is 5.13. The van der Waals surface area contributed by atoms with Crippen molar-refractivity contribution in [3.05, 3.63) is 0 Å². The summed E-state index contributed by atoms with van der Waals surface area (Å²) < 4.78 is 5.84. The van der Waals surface area contributed by atoms with E-state index in [0.29, 0.717) is 24.3 Å². The van der Waals surface area contributed by atoms with Crippen molar-refractivity contribution in [3.8, 4) is 6.07 Å². The van der Waals surface area contributed by atoms with Gasteiger partial charge >= 0.3 is 0 Å². The van der Waals surface area contributed by atoms with E-state index in [1.54, 1.807) is 0 Å². The number of nitrogens with one attached hydrogen (secondary N) is 1. The van der Waals surface area contributed by atoms with E-state index in [1.165, 1.54) is 19.3 Å². The van der Waals surface area contributed by atoms with Crippen LogP contribution >= 0.6 is 0 Å². The van der Waals surface area contributed by atoms with Crippen LogP contribution in [0.15, 0.2) is 0 Å². The van der Waals surface area contributed by atoms with Gasteiger partial charge in [0.2, 0.25) is 0 Å². The molecule has 4 atom stereocenters. The predicted octanol–water partition coefficient (Wildman–Crippen LogP) is 2.05. The van der Waals surface area contributed by atoms with Gasteiger partial charge < -0.3 is 4.74 Å². The van der Waals surface area contributed by atoms with Crippen molar-refractivity contribution in [2.75, 3.05) is 13.1 Å². The molecule has 3 aliphatic rings. The van der Waals surface area contributed by atoms with E-state index in [1.807, 2.05) is 0 Å². The number of ether oxygens (including phenoxy) is 1. The average Bonchev–Trinajstić information content (AvgIpc) is 3.22. The van der Waals surface area contributed by atoms with Crippen molar-refractivity contribution < 1.29 is 4.74 Å². The Balaban J connectivity index is 1.66. The summed E-state index contributed by atoms with van der Waals surface area (Å²) in [7, 11) is 0. The lowest BCUT2D eigenvalue weighted by molar-refractivity contribution is -0.0867. The lowest BCUT2D eigenvalue weighted by atomic mass is 9.79. The van der Waals surface area contributed by atoms with Crippen molar-refractivity contribution in [1.29, 1.82) is 5.26 Å². The minimum Gasteiger partial charge on any atom is -0.373 e. The van der Waals surface area contributed by atoms with Crippen LogP contribution in [0.4, 0.5) is 0 Å². The van der Waals surface area contributed by atoms with Gasteiger partial charge in [0, 0.05) is 25.2 Å². The molecule has 0 aromatic carbocycles. The fourth-order valence-corrected chi connectivity index (χ4v) is 3.96. The van der Waals surface area contributed by atoms with Gasteiger partial charge in [0.1, 0.15) is 5.54 Å². The molecule has 2 unspecified atom stereocenters. The molecule has 1 aliphatic heterocycles. The van der Waals surface area contributed by atoms with Gasteiger partial charge in [-0.1, -0.05) is 0 Å². The molecule has 112 valence electrons. The topological polar surface area (TPSA) is 48.3 Å². The summed E-state index contributed by atoms with van der Waals surface area (Å²) in [5.74, 6) is 0. The minimum absolute atomic E-state index is 0.269. The Morgan fingerprint density at radius 3 is 2.50 bits per heavy atom. The molecule has 3 rings (SSSR count). The maximum atomic E-state index is 9.68. The Morgan fingerprint density at radius 1 is 1.20 bits per heavy atom. The summed E-state index contributed by atoms with van der Waals surface area (Å²) in [6.07, 6.45) is 7.53. The number of hydrogen-bond donors (Lipinski definition) is 1. The predicted molar refractivity (Wildman–Crippen MR) is 78.3 cm³/mol. The first-order valence-electron chi connectivity index (χ1n) is 8.19. The third kappa shape index (κ3) is 3.16. The third-order valence-corrected chi connectivity index (χ3v) is 4.96. The highest BCUT2D eigenvalue weighted by Gasteiger charge is 2.42. The van der Waals surface area contributed by atoms with Crippen molar-refractivity contribution in [3.63, 3.8) is 0 Å². The SMILES string of the molecule is C[C@@H]1CN(C2CCCC(C#N)(NC3CC3)C2)C[C@H](C)O1. The highest BCUT2D eigenvalue weighted by Crippen LogP contribution is 2.35. The minimum atomic E-state index is -0.269. The van der Waals surface area contributed by atoms with Gasteiger partial charge in [-0.3, -0.25) is 10.2 Å². The van der Waals surface area contributed by atoms with Gasteiger partial charge in [-0.2, -0.15) is 5.26 Å². The fraction of sp³-hybridized carbons (Fsp3) is 0.938. The van der Waals surface area contributed by atoms with Crippen molar-refractivity contribution in [2.45, 2.75) is 82.2 Å². The summed E-state index contributed by atoms with van der Waals surface area (Å²) >= 11 is 0. The summed E-state index contributed by atoms with van der Waals surface area (Å²) in [5.41, 5.74) is -0.269. The van der Waals surface area contributed by atoms with Crippen LogP contribution in [0.1, 0.15) is 52.4 Å². The van der Waals surface area contributed by atoms with Gasteiger partial charge in [-0.15, -0.1) is 0 Å². The van der Waals surface area contributed by atoms with E-state index in [2.05, 4.69) is 30.1 Å². The monoisotopic (exact) mass is 277 g/mol. The molecule has 0 bridgehead atoms. The maximum Gasteiger partial charge on any atom is 0.108 e. The standard InChI is InChI=1S/C16H27N3O/c1-12-9-19(10-13(2)20-12)15-4-3-7-16(8-15,11-17)18-14-5-6-14/h12-15,18H,3-10H2,1-2H3/t12-,13+,15?,16?. The Hall–Kier alpha value is -0.630. The quantitative estimate of drug-likeness (QED) is 0.858. The molecule has 2 saturated carbocycles.